The Morgan fingerprint density at radius 1 is 1.18 bits per heavy atom. The van der Waals surface area contributed by atoms with Gasteiger partial charge in [-0.15, -0.1) is 11.3 Å². The van der Waals surface area contributed by atoms with Crippen molar-refractivity contribution in [2.24, 2.45) is 0 Å². The summed E-state index contributed by atoms with van der Waals surface area (Å²) in [6, 6.07) is 6.25. The van der Waals surface area contributed by atoms with Crippen molar-refractivity contribution in [3.8, 4) is 0 Å². The van der Waals surface area contributed by atoms with Crippen LogP contribution in [0.15, 0.2) is 18.2 Å². The molecule has 0 bridgehead atoms. The van der Waals surface area contributed by atoms with Crippen LogP contribution in [-0.2, 0) is 12.8 Å². The van der Waals surface area contributed by atoms with Crippen LogP contribution in [-0.4, -0.2) is 9.97 Å². The number of hydrogen-bond donors (Lipinski definition) is 1. The molecule has 5 heteroatoms. The molecule has 2 aromatic heterocycles. The Balaban J connectivity index is 1.89. The lowest BCUT2D eigenvalue weighted by Crippen LogP contribution is -1.99. The van der Waals surface area contributed by atoms with E-state index in [0.717, 1.165) is 34.6 Å². The van der Waals surface area contributed by atoms with Gasteiger partial charge in [0.1, 0.15) is 10.6 Å². The predicted molar refractivity (Wildman–Crippen MR) is 93.6 cm³/mol. The molecular weight excluding hydrogens is 314 g/mol. The van der Waals surface area contributed by atoms with Gasteiger partial charge in [-0.1, -0.05) is 12.1 Å². The molecule has 0 amide bonds. The fraction of sp³-hybridized carbons (Fsp3) is 0.294. The normalized spacial score (nSPS) is 13.6. The zero-order chi connectivity index (χ0) is 15.3. The first-order valence-electron chi connectivity index (χ1n) is 7.44. The third-order valence-corrected chi connectivity index (χ3v) is 5.75. The van der Waals surface area contributed by atoms with E-state index in [0.29, 0.717) is 5.28 Å². The van der Waals surface area contributed by atoms with E-state index < -0.39 is 0 Å². The molecule has 0 spiro atoms. The molecule has 22 heavy (non-hydrogen) atoms. The van der Waals surface area contributed by atoms with Crippen LogP contribution in [0.4, 0.5) is 11.5 Å². The summed E-state index contributed by atoms with van der Waals surface area (Å²) < 4.78 is 0. The number of nitrogens with zero attached hydrogens (tertiary/aromatic N) is 2. The van der Waals surface area contributed by atoms with Gasteiger partial charge in [-0.05, 0) is 67.5 Å². The lowest BCUT2D eigenvalue weighted by atomic mass is 10.1. The van der Waals surface area contributed by atoms with Gasteiger partial charge in [-0.3, -0.25) is 0 Å². The fourth-order valence-corrected chi connectivity index (χ4v) is 4.55. The van der Waals surface area contributed by atoms with E-state index in [1.54, 1.807) is 11.3 Å². The second kappa shape index (κ2) is 5.21. The Hall–Kier alpha value is -1.65. The van der Waals surface area contributed by atoms with Crippen molar-refractivity contribution in [3.05, 3.63) is 45.1 Å². The first kappa shape index (κ1) is 14.0. The second-order valence-electron chi connectivity index (χ2n) is 5.75. The van der Waals surface area contributed by atoms with Gasteiger partial charge in [0.2, 0.25) is 5.28 Å². The Bertz CT molecular complexity index is 885. The summed E-state index contributed by atoms with van der Waals surface area (Å²) in [6.45, 7) is 4.24. The van der Waals surface area contributed by atoms with E-state index in [2.05, 4.69) is 47.3 Å². The first-order valence-corrected chi connectivity index (χ1v) is 8.64. The van der Waals surface area contributed by atoms with Gasteiger partial charge >= 0.3 is 0 Å². The second-order valence-corrected chi connectivity index (χ2v) is 7.17. The molecular formula is C17H16ClN3S. The molecule has 3 aromatic rings. The van der Waals surface area contributed by atoms with Crippen LogP contribution in [0.5, 0.6) is 0 Å². The number of hydrogen-bond acceptors (Lipinski definition) is 4. The number of benzene rings is 1. The van der Waals surface area contributed by atoms with Crippen LogP contribution >= 0.6 is 22.9 Å². The first-order chi connectivity index (χ1) is 10.6. The number of aryl methyl sites for hydroxylation is 3. The van der Waals surface area contributed by atoms with Crippen LogP contribution in [0.1, 0.15) is 28.0 Å². The largest absolute Gasteiger partial charge is 0.339 e. The number of halogens is 1. The number of aromatic nitrogens is 2. The van der Waals surface area contributed by atoms with Crippen molar-refractivity contribution >= 4 is 44.7 Å². The molecule has 4 rings (SSSR count). The number of rotatable bonds is 2. The highest BCUT2D eigenvalue weighted by Gasteiger charge is 2.22. The zero-order valence-electron chi connectivity index (χ0n) is 12.5. The minimum atomic E-state index is 0.306. The van der Waals surface area contributed by atoms with E-state index >= 15 is 0 Å². The van der Waals surface area contributed by atoms with Gasteiger partial charge in [0.25, 0.3) is 0 Å². The summed E-state index contributed by atoms with van der Waals surface area (Å²) >= 11 is 7.89. The highest BCUT2D eigenvalue weighted by atomic mass is 35.5. The van der Waals surface area contributed by atoms with Gasteiger partial charge in [-0.25, -0.2) is 4.98 Å². The van der Waals surface area contributed by atoms with Crippen molar-refractivity contribution in [3.63, 3.8) is 0 Å². The van der Waals surface area contributed by atoms with Crippen LogP contribution in [0.2, 0.25) is 5.28 Å². The van der Waals surface area contributed by atoms with Crippen LogP contribution in [0.25, 0.3) is 10.2 Å². The molecule has 2 heterocycles. The average Bonchev–Trinajstić information content (AvgIpc) is 3.03. The molecule has 0 saturated heterocycles. The van der Waals surface area contributed by atoms with Crippen molar-refractivity contribution in [1.29, 1.82) is 0 Å². The van der Waals surface area contributed by atoms with Crippen molar-refractivity contribution < 1.29 is 0 Å². The van der Waals surface area contributed by atoms with Crippen molar-refractivity contribution in [1.82, 2.24) is 9.97 Å². The van der Waals surface area contributed by atoms with Crippen LogP contribution in [0.3, 0.4) is 0 Å². The number of fused-ring (bicyclic) bond motifs is 3. The smallest absolute Gasteiger partial charge is 0.225 e. The molecule has 1 aliphatic carbocycles. The number of anilines is 2. The van der Waals surface area contributed by atoms with Gasteiger partial charge in [0, 0.05) is 10.6 Å². The quantitative estimate of drug-likeness (QED) is 0.657. The summed E-state index contributed by atoms with van der Waals surface area (Å²) in [5, 5.41) is 4.94. The SMILES string of the molecule is Cc1cccc(Nc2nc(Cl)nc3sc4c(c23)CCC4)c1C. The van der Waals surface area contributed by atoms with Crippen molar-refractivity contribution in [2.75, 3.05) is 5.32 Å². The molecule has 0 unspecified atom stereocenters. The zero-order valence-corrected chi connectivity index (χ0v) is 14.1. The molecule has 112 valence electrons. The lowest BCUT2D eigenvalue weighted by molar-refractivity contribution is 0.917. The predicted octanol–water partition coefficient (Wildman–Crippen LogP) is 5.19. The molecule has 0 atom stereocenters. The molecule has 1 N–H and O–H groups in total. The molecule has 1 aromatic carbocycles. The molecule has 3 nitrogen and oxygen atoms in total. The van der Waals surface area contributed by atoms with Gasteiger partial charge < -0.3 is 5.32 Å². The van der Waals surface area contributed by atoms with Crippen molar-refractivity contribution in [2.45, 2.75) is 33.1 Å². The Labute approximate surface area is 138 Å². The Kier molecular flexibility index (Phi) is 3.31. The molecule has 0 saturated carbocycles. The lowest BCUT2D eigenvalue weighted by Gasteiger charge is -2.12. The highest BCUT2D eigenvalue weighted by Crippen LogP contribution is 2.40. The van der Waals surface area contributed by atoms with Gasteiger partial charge in [-0.2, -0.15) is 4.98 Å². The maximum Gasteiger partial charge on any atom is 0.225 e. The van der Waals surface area contributed by atoms with E-state index in [1.165, 1.54) is 28.0 Å². The summed E-state index contributed by atoms with van der Waals surface area (Å²) in [7, 11) is 0. The van der Waals surface area contributed by atoms with E-state index in [9.17, 15) is 0 Å². The maximum atomic E-state index is 6.13. The fourth-order valence-electron chi connectivity index (χ4n) is 3.07. The maximum absolute atomic E-state index is 6.13. The third kappa shape index (κ3) is 2.18. The van der Waals surface area contributed by atoms with Crippen LogP contribution in [0, 0.1) is 13.8 Å². The van der Waals surface area contributed by atoms with Gasteiger partial charge in [0.15, 0.2) is 0 Å². The molecule has 0 radical (unpaired) electrons. The summed E-state index contributed by atoms with van der Waals surface area (Å²) in [4.78, 5) is 11.3. The summed E-state index contributed by atoms with van der Waals surface area (Å²) in [5.74, 6) is 0.836. The number of nitrogens with one attached hydrogen (secondary N) is 1. The molecule has 0 fully saturated rings. The van der Waals surface area contributed by atoms with E-state index in [4.69, 9.17) is 11.6 Å². The highest BCUT2D eigenvalue weighted by molar-refractivity contribution is 7.19. The van der Waals surface area contributed by atoms with Gasteiger partial charge in [0.05, 0.1) is 5.39 Å². The minimum Gasteiger partial charge on any atom is -0.339 e. The molecule has 0 aliphatic heterocycles. The Morgan fingerprint density at radius 3 is 2.91 bits per heavy atom. The van der Waals surface area contributed by atoms with E-state index in [-0.39, 0.29) is 0 Å². The topological polar surface area (TPSA) is 37.8 Å². The van der Waals surface area contributed by atoms with E-state index in [1.807, 2.05) is 0 Å². The molecule has 1 aliphatic rings. The summed E-state index contributed by atoms with van der Waals surface area (Å²) in [5.41, 5.74) is 4.98. The Morgan fingerprint density at radius 2 is 2.05 bits per heavy atom. The standard InChI is InChI=1S/C17H16ClN3S/c1-9-5-3-7-12(10(9)2)19-15-14-11-6-4-8-13(11)22-16(14)21-17(18)20-15/h3,5,7H,4,6,8H2,1-2H3,(H,19,20,21). The number of thiophene rings is 1. The average molecular weight is 330 g/mol. The van der Waals surface area contributed by atoms with Crippen LogP contribution < -0.4 is 5.32 Å². The summed E-state index contributed by atoms with van der Waals surface area (Å²) in [6.07, 6.45) is 3.49. The third-order valence-electron chi connectivity index (χ3n) is 4.40. The minimum absolute atomic E-state index is 0.306. The monoisotopic (exact) mass is 329 g/mol.